The average molecular weight is 305 g/mol. The summed E-state index contributed by atoms with van der Waals surface area (Å²) in [4.78, 5) is 27.0. The van der Waals surface area contributed by atoms with E-state index in [1.807, 2.05) is 30.3 Å². The number of amides is 2. The maximum atomic E-state index is 12.1. The summed E-state index contributed by atoms with van der Waals surface area (Å²) in [6.07, 6.45) is 0. The number of benzene rings is 1. The van der Waals surface area contributed by atoms with Crippen molar-refractivity contribution in [3.63, 3.8) is 0 Å². The highest BCUT2D eigenvalue weighted by Crippen LogP contribution is 2.17. The van der Waals surface area contributed by atoms with Crippen LogP contribution in [0.3, 0.4) is 0 Å². The van der Waals surface area contributed by atoms with Crippen molar-refractivity contribution in [2.24, 2.45) is 0 Å². The minimum atomic E-state index is -0.496. The summed E-state index contributed by atoms with van der Waals surface area (Å²) >= 11 is 1.17. The lowest BCUT2D eigenvalue weighted by Crippen LogP contribution is -2.31. The zero-order valence-corrected chi connectivity index (χ0v) is 12.2. The van der Waals surface area contributed by atoms with Gasteiger partial charge in [0.1, 0.15) is 5.69 Å². The molecule has 110 valence electrons. The van der Waals surface area contributed by atoms with Gasteiger partial charge < -0.3 is 15.7 Å². The normalized spacial score (nSPS) is 11.7. The first-order chi connectivity index (χ1) is 10.1. The van der Waals surface area contributed by atoms with Crippen LogP contribution >= 0.6 is 11.3 Å². The number of hydrogen-bond donors (Lipinski definition) is 3. The minimum Gasteiger partial charge on any atom is -0.394 e. The van der Waals surface area contributed by atoms with Gasteiger partial charge in [-0.3, -0.25) is 9.59 Å². The van der Waals surface area contributed by atoms with Crippen LogP contribution in [-0.4, -0.2) is 28.5 Å². The van der Waals surface area contributed by atoms with Crippen LogP contribution in [0.25, 0.3) is 0 Å². The van der Waals surface area contributed by atoms with E-state index in [0.29, 0.717) is 5.13 Å². The summed E-state index contributed by atoms with van der Waals surface area (Å²) in [5.74, 6) is -0.639. The molecule has 0 aliphatic carbocycles. The van der Waals surface area contributed by atoms with Gasteiger partial charge in [-0.2, -0.15) is 0 Å². The topological polar surface area (TPSA) is 91.3 Å². The largest absolute Gasteiger partial charge is 0.394 e. The van der Waals surface area contributed by atoms with Gasteiger partial charge in [0.25, 0.3) is 5.91 Å². The molecule has 7 heteroatoms. The van der Waals surface area contributed by atoms with E-state index in [-0.39, 0.29) is 18.2 Å². The first kappa shape index (κ1) is 15.1. The summed E-state index contributed by atoms with van der Waals surface area (Å²) in [6.45, 7) is 1.16. The Hall–Kier alpha value is -2.25. The number of nitrogens with zero attached hydrogens (tertiary/aromatic N) is 1. The van der Waals surface area contributed by atoms with Gasteiger partial charge in [0.2, 0.25) is 5.91 Å². The lowest BCUT2D eigenvalue weighted by atomic mass is 10.1. The fourth-order valence-electron chi connectivity index (χ4n) is 1.74. The van der Waals surface area contributed by atoms with Crippen LogP contribution in [0.1, 0.15) is 29.0 Å². The summed E-state index contributed by atoms with van der Waals surface area (Å²) in [5, 5.41) is 16.6. The van der Waals surface area contributed by atoms with Gasteiger partial charge in [-0.15, -0.1) is 11.3 Å². The van der Waals surface area contributed by atoms with Crippen LogP contribution in [0.15, 0.2) is 35.7 Å². The van der Waals surface area contributed by atoms with Gasteiger partial charge in [0.05, 0.1) is 12.6 Å². The predicted octanol–water partition coefficient (Wildman–Crippen LogP) is 1.56. The van der Waals surface area contributed by atoms with E-state index >= 15 is 0 Å². The summed E-state index contributed by atoms with van der Waals surface area (Å²) in [7, 11) is 0. The molecule has 2 aromatic rings. The average Bonchev–Trinajstić information content (AvgIpc) is 2.93. The molecular weight excluding hydrogens is 290 g/mol. The third-order valence-electron chi connectivity index (χ3n) is 2.71. The number of aliphatic hydroxyl groups is 1. The van der Waals surface area contributed by atoms with E-state index < -0.39 is 11.9 Å². The Labute approximate surface area is 125 Å². The Bertz CT molecular complexity index is 627. The maximum Gasteiger partial charge on any atom is 0.271 e. The fourth-order valence-corrected chi connectivity index (χ4v) is 2.47. The number of anilines is 1. The van der Waals surface area contributed by atoms with Crippen LogP contribution in [-0.2, 0) is 4.79 Å². The molecule has 0 aliphatic heterocycles. The summed E-state index contributed by atoms with van der Waals surface area (Å²) < 4.78 is 0. The van der Waals surface area contributed by atoms with Gasteiger partial charge in [0.15, 0.2) is 5.13 Å². The molecule has 0 fully saturated rings. The smallest absolute Gasteiger partial charge is 0.271 e. The summed E-state index contributed by atoms with van der Waals surface area (Å²) in [5.41, 5.74) is 1.02. The third-order valence-corrected chi connectivity index (χ3v) is 3.47. The molecule has 2 rings (SSSR count). The van der Waals surface area contributed by atoms with Gasteiger partial charge in [-0.1, -0.05) is 30.3 Å². The maximum absolute atomic E-state index is 12.1. The van der Waals surface area contributed by atoms with Gasteiger partial charge in [-0.05, 0) is 5.56 Å². The Morgan fingerprint density at radius 3 is 2.67 bits per heavy atom. The molecule has 21 heavy (non-hydrogen) atoms. The monoisotopic (exact) mass is 305 g/mol. The van der Waals surface area contributed by atoms with Crippen molar-refractivity contribution < 1.29 is 14.7 Å². The van der Waals surface area contributed by atoms with E-state index in [1.54, 1.807) is 5.38 Å². The van der Waals surface area contributed by atoms with Crippen molar-refractivity contribution in [3.8, 4) is 0 Å². The van der Waals surface area contributed by atoms with E-state index in [0.717, 1.165) is 5.56 Å². The number of carbonyl (C=O) groups excluding carboxylic acids is 2. The fraction of sp³-hybridized carbons (Fsp3) is 0.214. The second-order valence-electron chi connectivity index (χ2n) is 4.34. The molecule has 1 aromatic heterocycles. The molecule has 1 heterocycles. The molecule has 2 amide bonds. The lowest BCUT2D eigenvalue weighted by molar-refractivity contribution is -0.114. The molecule has 0 aliphatic rings. The SMILES string of the molecule is CC(=O)Nc1nc(C(=O)N[C@H](CO)c2ccccc2)cs1. The van der Waals surface area contributed by atoms with Crippen molar-refractivity contribution in [2.75, 3.05) is 11.9 Å². The zero-order chi connectivity index (χ0) is 15.2. The number of hydrogen-bond acceptors (Lipinski definition) is 5. The van der Waals surface area contributed by atoms with E-state index in [2.05, 4.69) is 15.6 Å². The number of nitrogens with one attached hydrogen (secondary N) is 2. The highest BCUT2D eigenvalue weighted by atomic mass is 32.1. The van der Waals surface area contributed by atoms with Crippen molar-refractivity contribution in [1.82, 2.24) is 10.3 Å². The number of rotatable bonds is 5. The highest BCUT2D eigenvalue weighted by molar-refractivity contribution is 7.14. The van der Waals surface area contributed by atoms with Crippen LogP contribution in [0.4, 0.5) is 5.13 Å². The van der Waals surface area contributed by atoms with Gasteiger partial charge in [-0.25, -0.2) is 4.98 Å². The quantitative estimate of drug-likeness (QED) is 0.782. The van der Waals surface area contributed by atoms with Gasteiger partial charge >= 0.3 is 0 Å². The molecule has 1 aromatic carbocycles. The van der Waals surface area contributed by atoms with E-state index in [4.69, 9.17) is 0 Å². The molecule has 0 unspecified atom stereocenters. The van der Waals surface area contributed by atoms with Crippen LogP contribution in [0.5, 0.6) is 0 Å². The van der Waals surface area contributed by atoms with Crippen molar-refractivity contribution in [2.45, 2.75) is 13.0 Å². The van der Waals surface area contributed by atoms with Gasteiger partial charge in [0, 0.05) is 12.3 Å². The van der Waals surface area contributed by atoms with Crippen molar-refractivity contribution in [3.05, 3.63) is 47.0 Å². The van der Waals surface area contributed by atoms with Crippen LogP contribution < -0.4 is 10.6 Å². The lowest BCUT2D eigenvalue weighted by Gasteiger charge is -2.15. The molecule has 0 spiro atoms. The minimum absolute atomic E-state index is 0.207. The Morgan fingerprint density at radius 1 is 1.33 bits per heavy atom. The van der Waals surface area contributed by atoms with E-state index in [1.165, 1.54) is 18.3 Å². The van der Waals surface area contributed by atoms with Crippen LogP contribution in [0, 0.1) is 0 Å². The number of thiazole rings is 1. The Kier molecular flexibility index (Phi) is 5.02. The molecule has 6 nitrogen and oxygen atoms in total. The molecular formula is C14H15N3O3S. The molecule has 1 atom stereocenters. The molecule has 0 saturated carbocycles. The Morgan fingerprint density at radius 2 is 2.05 bits per heavy atom. The van der Waals surface area contributed by atoms with Crippen molar-refractivity contribution in [1.29, 1.82) is 0 Å². The highest BCUT2D eigenvalue weighted by Gasteiger charge is 2.17. The van der Waals surface area contributed by atoms with Crippen molar-refractivity contribution >= 4 is 28.3 Å². The number of aromatic nitrogens is 1. The molecule has 3 N–H and O–H groups in total. The standard InChI is InChI=1S/C14H15N3O3S/c1-9(19)15-14-17-12(8-21-14)13(20)16-11(7-18)10-5-3-2-4-6-10/h2-6,8,11,18H,7H2,1H3,(H,16,20)(H,15,17,19)/t11-/m1/s1. The number of carbonyl (C=O) groups is 2. The zero-order valence-electron chi connectivity index (χ0n) is 11.4. The van der Waals surface area contributed by atoms with Crippen LogP contribution in [0.2, 0.25) is 0 Å². The first-order valence-electron chi connectivity index (χ1n) is 6.30. The second-order valence-corrected chi connectivity index (χ2v) is 5.20. The summed E-state index contributed by atoms with van der Waals surface area (Å²) in [6, 6.07) is 8.68. The third kappa shape index (κ3) is 4.11. The number of aliphatic hydroxyl groups excluding tert-OH is 1. The van der Waals surface area contributed by atoms with E-state index in [9.17, 15) is 14.7 Å². The molecule has 0 saturated heterocycles. The Balaban J connectivity index is 2.06. The second kappa shape index (κ2) is 6.96. The first-order valence-corrected chi connectivity index (χ1v) is 7.18. The molecule has 0 bridgehead atoms. The molecule has 0 radical (unpaired) electrons. The predicted molar refractivity (Wildman–Crippen MR) is 80.2 cm³/mol.